The van der Waals surface area contributed by atoms with E-state index in [0.717, 1.165) is 17.3 Å². The second-order valence-electron chi connectivity index (χ2n) is 4.98. The first-order valence-corrected chi connectivity index (χ1v) is 8.01. The highest BCUT2D eigenvalue weighted by Gasteiger charge is 2.23. The molecule has 0 atom stereocenters. The van der Waals surface area contributed by atoms with Crippen LogP contribution in [0.2, 0.25) is 5.15 Å². The fraction of sp³-hybridized carbons (Fsp3) is 0.692. The molecule has 92 valence electrons. The Kier molecular flexibility index (Phi) is 3.57. The molecule has 0 bridgehead atoms. The van der Waals surface area contributed by atoms with E-state index in [2.05, 4.69) is 4.98 Å². The number of aromatic nitrogens is 2. The van der Waals surface area contributed by atoms with Crippen LogP contribution in [0.4, 0.5) is 0 Å². The molecule has 0 N–H and O–H groups in total. The normalized spacial score (nSPS) is 21.2. The maximum atomic E-state index is 6.27. The Morgan fingerprint density at radius 3 is 2.53 bits per heavy atom. The Hall–Kier alpha value is -0.280. The largest absolute Gasteiger partial charge is 0.236 e. The van der Waals surface area contributed by atoms with Gasteiger partial charge in [0, 0.05) is 23.0 Å². The van der Waals surface area contributed by atoms with Gasteiger partial charge in [0.25, 0.3) is 0 Å². The number of hydrogen-bond acceptors (Lipinski definition) is 3. The summed E-state index contributed by atoms with van der Waals surface area (Å²) in [6.45, 7) is 0. The Morgan fingerprint density at radius 1 is 1.00 bits per heavy atom. The number of rotatable bonds is 1. The van der Waals surface area contributed by atoms with Crippen molar-refractivity contribution < 1.29 is 0 Å². The van der Waals surface area contributed by atoms with Gasteiger partial charge in [0.05, 0.1) is 5.69 Å². The van der Waals surface area contributed by atoms with E-state index in [1.807, 2.05) is 11.8 Å². The van der Waals surface area contributed by atoms with Gasteiger partial charge in [-0.2, -0.15) is 11.8 Å². The van der Waals surface area contributed by atoms with E-state index in [9.17, 15) is 0 Å². The molecule has 2 heterocycles. The summed E-state index contributed by atoms with van der Waals surface area (Å²) in [4.78, 5) is 9.31. The predicted octanol–water partition coefficient (Wildman–Crippen LogP) is 4.31. The smallest absolute Gasteiger partial charge is 0.137 e. The summed E-state index contributed by atoms with van der Waals surface area (Å²) in [5.74, 6) is 3.56. The van der Waals surface area contributed by atoms with Gasteiger partial charge in [-0.15, -0.1) is 0 Å². The summed E-state index contributed by atoms with van der Waals surface area (Å²) in [7, 11) is 0. The molecule has 0 aromatic carbocycles. The predicted molar refractivity (Wildman–Crippen MR) is 72.5 cm³/mol. The standard InChI is InChI=1S/C13H17ClN2S/c14-12-10-7-17-8-11(10)15-13(16-12)9-5-3-1-2-4-6-9/h9H,1-8H2. The summed E-state index contributed by atoms with van der Waals surface area (Å²) >= 11 is 8.16. The lowest BCUT2D eigenvalue weighted by atomic mass is 9.99. The van der Waals surface area contributed by atoms with E-state index < -0.39 is 0 Å². The van der Waals surface area contributed by atoms with Crippen molar-refractivity contribution in [1.29, 1.82) is 0 Å². The molecule has 3 rings (SSSR count). The number of halogens is 1. The highest BCUT2D eigenvalue weighted by Crippen LogP contribution is 2.36. The molecule has 2 nitrogen and oxygen atoms in total. The minimum Gasteiger partial charge on any atom is -0.236 e. The maximum Gasteiger partial charge on any atom is 0.137 e. The molecule has 0 amide bonds. The van der Waals surface area contributed by atoms with Gasteiger partial charge in [-0.1, -0.05) is 37.3 Å². The van der Waals surface area contributed by atoms with Crippen LogP contribution < -0.4 is 0 Å². The Bertz CT molecular complexity index is 414. The summed E-state index contributed by atoms with van der Waals surface area (Å²) < 4.78 is 0. The Morgan fingerprint density at radius 2 is 1.76 bits per heavy atom. The monoisotopic (exact) mass is 268 g/mol. The highest BCUT2D eigenvalue weighted by molar-refractivity contribution is 7.98. The van der Waals surface area contributed by atoms with Crippen LogP contribution in [0, 0.1) is 0 Å². The molecule has 0 saturated heterocycles. The third-order valence-corrected chi connectivity index (χ3v) is 5.05. The molecule has 1 fully saturated rings. The van der Waals surface area contributed by atoms with Crippen LogP contribution in [0.25, 0.3) is 0 Å². The van der Waals surface area contributed by atoms with Crippen LogP contribution in [-0.4, -0.2) is 9.97 Å². The van der Waals surface area contributed by atoms with Gasteiger partial charge in [-0.05, 0) is 12.8 Å². The number of nitrogens with zero attached hydrogens (tertiary/aromatic N) is 2. The first-order chi connectivity index (χ1) is 8.34. The quantitative estimate of drug-likeness (QED) is 0.561. The molecule has 1 aliphatic carbocycles. The molecule has 1 saturated carbocycles. The summed E-state index contributed by atoms with van der Waals surface area (Å²) in [5.41, 5.74) is 2.36. The third kappa shape index (κ3) is 2.45. The Labute approximate surface area is 112 Å². The van der Waals surface area contributed by atoms with E-state index >= 15 is 0 Å². The summed E-state index contributed by atoms with van der Waals surface area (Å²) in [6.07, 6.45) is 7.84. The van der Waals surface area contributed by atoms with Gasteiger partial charge in [-0.25, -0.2) is 9.97 Å². The van der Waals surface area contributed by atoms with E-state index in [4.69, 9.17) is 16.6 Å². The van der Waals surface area contributed by atoms with Gasteiger partial charge in [-0.3, -0.25) is 0 Å². The van der Waals surface area contributed by atoms with Crippen LogP contribution in [0.15, 0.2) is 0 Å². The maximum absolute atomic E-state index is 6.27. The molecular weight excluding hydrogens is 252 g/mol. The summed E-state index contributed by atoms with van der Waals surface area (Å²) in [5, 5.41) is 0.708. The van der Waals surface area contributed by atoms with Crippen LogP contribution in [0.1, 0.15) is 61.5 Å². The van der Waals surface area contributed by atoms with Crippen LogP contribution in [0.5, 0.6) is 0 Å². The van der Waals surface area contributed by atoms with Crippen LogP contribution >= 0.6 is 23.4 Å². The average Bonchev–Trinajstić information content (AvgIpc) is 2.63. The third-order valence-electron chi connectivity index (χ3n) is 3.77. The second-order valence-corrected chi connectivity index (χ2v) is 6.32. The van der Waals surface area contributed by atoms with Crippen molar-refractivity contribution in [3.8, 4) is 0 Å². The topological polar surface area (TPSA) is 25.8 Å². The molecule has 0 unspecified atom stereocenters. The van der Waals surface area contributed by atoms with Crippen LogP contribution in [-0.2, 0) is 11.5 Å². The van der Waals surface area contributed by atoms with Gasteiger partial charge in [0.2, 0.25) is 0 Å². The van der Waals surface area contributed by atoms with Crippen molar-refractivity contribution in [1.82, 2.24) is 9.97 Å². The molecule has 2 aliphatic rings. The first kappa shape index (κ1) is 11.8. The zero-order valence-corrected chi connectivity index (χ0v) is 11.5. The second kappa shape index (κ2) is 5.15. The Balaban J connectivity index is 1.89. The van der Waals surface area contributed by atoms with Crippen molar-refractivity contribution in [2.75, 3.05) is 0 Å². The van der Waals surface area contributed by atoms with Crippen molar-refractivity contribution >= 4 is 23.4 Å². The molecule has 0 radical (unpaired) electrons. The average molecular weight is 269 g/mol. The van der Waals surface area contributed by atoms with Crippen molar-refractivity contribution in [2.24, 2.45) is 0 Å². The molecule has 4 heteroatoms. The molecular formula is C13H17ClN2S. The van der Waals surface area contributed by atoms with Crippen LogP contribution in [0.3, 0.4) is 0 Å². The van der Waals surface area contributed by atoms with Crippen molar-refractivity contribution in [3.63, 3.8) is 0 Å². The lowest BCUT2D eigenvalue weighted by molar-refractivity contribution is 0.558. The fourth-order valence-corrected chi connectivity index (χ4v) is 4.13. The van der Waals surface area contributed by atoms with E-state index in [1.54, 1.807) is 0 Å². The number of hydrogen-bond donors (Lipinski definition) is 0. The number of thioether (sulfide) groups is 1. The number of fused-ring (bicyclic) bond motifs is 1. The van der Waals surface area contributed by atoms with E-state index in [1.165, 1.54) is 49.8 Å². The first-order valence-electron chi connectivity index (χ1n) is 6.47. The fourth-order valence-electron chi connectivity index (χ4n) is 2.75. The van der Waals surface area contributed by atoms with Gasteiger partial charge >= 0.3 is 0 Å². The minimum atomic E-state index is 0.547. The zero-order valence-electron chi connectivity index (χ0n) is 9.91. The van der Waals surface area contributed by atoms with Gasteiger partial charge in [0.1, 0.15) is 11.0 Å². The molecule has 1 aromatic heterocycles. The summed E-state index contributed by atoms with van der Waals surface area (Å²) in [6, 6.07) is 0. The van der Waals surface area contributed by atoms with Crippen molar-refractivity contribution in [3.05, 3.63) is 22.2 Å². The lowest BCUT2D eigenvalue weighted by Gasteiger charge is -2.14. The lowest BCUT2D eigenvalue weighted by Crippen LogP contribution is -2.07. The molecule has 0 spiro atoms. The molecule has 1 aromatic rings. The SMILES string of the molecule is Clc1nc(C2CCCCCC2)nc2c1CSC2. The molecule has 1 aliphatic heterocycles. The minimum absolute atomic E-state index is 0.547. The van der Waals surface area contributed by atoms with Gasteiger partial charge < -0.3 is 0 Å². The zero-order chi connectivity index (χ0) is 11.7. The molecule has 17 heavy (non-hydrogen) atoms. The van der Waals surface area contributed by atoms with Crippen molar-refractivity contribution in [2.45, 2.75) is 55.9 Å². The van der Waals surface area contributed by atoms with E-state index in [0.29, 0.717) is 11.1 Å². The highest BCUT2D eigenvalue weighted by atomic mass is 35.5. The van der Waals surface area contributed by atoms with E-state index in [-0.39, 0.29) is 0 Å². The van der Waals surface area contributed by atoms with Gasteiger partial charge in [0.15, 0.2) is 0 Å².